The minimum absolute atomic E-state index is 0.658. The fourth-order valence-electron chi connectivity index (χ4n) is 0.0707. The number of nitriles is 1. The van der Waals surface area contributed by atoms with Crippen LogP contribution in [0.1, 0.15) is 0 Å². The van der Waals surface area contributed by atoms with Crippen LogP contribution in [-0.4, -0.2) is 17.3 Å². The molecule has 6 heteroatoms. The molecule has 0 aliphatic heterocycles. The van der Waals surface area contributed by atoms with Gasteiger partial charge in [0.15, 0.2) is 0 Å². The third-order valence-corrected chi connectivity index (χ3v) is 0.494. The standard InChI is InChI=1S/CH2BNO3P/c3-1-2-6-7(4)5/h4-5H. The average molecular weight is 118 g/mol. The molecule has 0 aromatic rings. The van der Waals surface area contributed by atoms with E-state index in [0.717, 1.165) is 0 Å². The molecule has 0 heterocycles. The van der Waals surface area contributed by atoms with Crippen LogP contribution in [-0.2, 0) is 4.44 Å². The van der Waals surface area contributed by atoms with Crippen LogP contribution in [0.2, 0.25) is 0 Å². The SMILES string of the molecule is N#C[B]OP(O)O. The summed E-state index contributed by atoms with van der Waals surface area (Å²) in [6.45, 7) is 0. The summed E-state index contributed by atoms with van der Waals surface area (Å²) in [5.41, 5.74) is 0. The number of nitrogens with zero attached hydrogens (tertiary/aromatic N) is 1. The summed E-state index contributed by atoms with van der Waals surface area (Å²) in [4.78, 5) is 15.8. The van der Waals surface area contributed by atoms with Gasteiger partial charge in [-0.15, -0.1) is 0 Å². The van der Waals surface area contributed by atoms with Gasteiger partial charge in [0.2, 0.25) is 0 Å². The Labute approximate surface area is 42.6 Å². The summed E-state index contributed by atoms with van der Waals surface area (Å²) in [7, 11) is -1.73. The third-order valence-electron chi connectivity index (χ3n) is 0.200. The summed E-state index contributed by atoms with van der Waals surface area (Å²) in [6, 6.07) is 0. The molecule has 0 unspecified atom stereocenters. The molecule has 0 aliphatic rings. The topological polar surface area (TPSA) is 73.5 Å². The zero-order chi connectivity index (χ0) is 5.70. The second-order valence-electron chi connectivity index (χ2n) is 0.605. The lowest BCUT2D eigenvalue weighted by atomic mass is 10.1. The van der Waals surface area contributed by atoms with Gasteiger partial charge in [-0.05, 0) is 0 Å². The minimum atomic E-state index is -2.38. The molecule has 7 heavy (non-hydrogen) atoms. The van der Waals surface area contributed by atoms with Crippen molar-refractivity contribution in [3.8, 4) is 5.97 Å². The number of hydrogen-bond donors (Lipinski definition) is 2. The highest BCUT2D eigenvalue weighted by molar-refractivity contribution is 7.40. The van der Waals surface area contributed by atoms with Crippen molar-refractivity contribution in [2.45, 2.75) is 0 Å². The van der Waals surface area contributed by atoms with E-state index < -0.39 is 8.60 Å². The molecule has 0 saturated heterocycles. The zero-order valence-corrected chi connectivity index (χ0v) is 4.17. The molecular weight excluding hydrogens is 116 g/mol. The molecule has 0 saturated carbocycles. The summed E-state index contributed by atoms with van der Waals surface area (Å²) in [5, 5.41) is 7.67. The number of rotatable bonds is 2. The van der Waals surface area contributed by atoms with Crippen LogP contribution in [0.4, 0.5) is 0 Å². The van der Waals surface area contributed by atoms with Crippen molar-refractivity contribution in [3.05, 3.63) is 0 Å². The second kappa shape index (κ2) is 4.04. The van der Waals surface area contributed by atoms with Crippen LogP contribution in [0.25, 0.3) is 0 Å². The molecule has 0 spiro atoms. The predicted octanol–water partition coefficient (Wildman–Crippen LogP) is -0.685. The van der Waals surface area contributed by atoms with Crippen LogP contribution in [0, 0.1) is 11.2 Å². The summed E-state index contributed by atoms with van der Waals surface area (Å²) >= 11 is 0. The molecule has 4 nitrogen and oxygen atoms in total. The van der Waals surface area contributed by atoms with Crippen molar-refractivity contribution in [2.24, 2.45) is 0 Å². The molecule has 0 aliphatic carbocycles. The zero-order valence-electron chi connectivity index (χ0n) is 3.27. The van der Waals surface area contributed by atoms with E-state index in [2.05, 4.69) is 4.44 Å². The van der Waals surface area contributed by atoms with E-state index in [4.69, 9.17) is 15.0 Å². The second-order valence-corrected chi connectivity index (χ2v) is 1.32. The van der Waals surface area contributed by atoms with Crippen molar-refractivity contribution < 1.29 is 14.2 Å². The molecule has 0 bridgehead atoms. The van der Waals surface area contributed by atoms with Gasteiger partial charge >= 0.3 is 16.1 Å². The highest BCUT2D eigenvalue weighted by Crippen LogP contribution is 2.22. The van der Waals surface area contributed by atoms with Gasteiger partial charge in [0.1, 0.15) is 0 Å². The van der Waals surface area contributed by atoms with Crippen molar-refractivity contribution in [3.63, 3.8) is 0 Å². The lowest BCUT2D eigenvalue weighted by molar-refractivity contribution is 0.386. The predicted molar refractivity (Wildman–Crippen MR) is 23.8 cm³/mol. The average Bonchev–Trinajstić information content (AvgIpc) is 1.61. The van der Waals surface area contributed by atoms with Crippen LogP contribution in [0.15, 0.2) is 0 Å². The third kappa shape index (κ3) is 5.86. The van der Waals surface area contributed by atoms with Crippen LogP contribution < -0.4 is 0 Å². The monoisotopic (exact) mass is 118 g/mol. The minimum Gasteiger partial charge on any atom is -0.359 e. The van der Waals surface area contributed by atoms with E-state index in [1.165, 1.54) is 5.97 Å². The van der Waals surface area contributed by atoms with E-state index in [-0.39, 0.29) is 0 Å². The van der Waals surface area contributed by atoms with E-state index in [0.29, 0.717) is 7.48 Å². The van der Waals surface area contributed by atoms with Crippen molar-refractivity contribution >= 4 is 16.1 Å². The Morgan fingerprint density at radius 2 is 2.29 bits per heavy atom. The van der Waals surface area contributed by atoms with Gasteiger partial charge in [-0.25, -0.2) is 5.26 Å². The first-order chi connectivity index (χ1) is 3.27. The van der Waals surface area contributed by atoms with E-state index in [1.807, 2.05) is 0 Å². The molecule has 37 valence electrons. The summed E-state index contributed by atoms with van der Waals surface area (Å²) in [6.07, 6.45) is 0. The Kier molecular flexibility index (Phi) is 3.96. The Morgan fingerprint density at radius 1 is 1.71 bits per heavy atom. The first-order valence-corrected chi connectivity index (χ1v) is 2.50. The summed E-state index contributed by atoms with van der Waals surface area (Å²) < 4.78 is 3.88. The van der Waals surface area contributed by atoms with E-state index in [1.54, 1.807) is 0 Å². The van der Waals surface area contributed by atoms with Gasteiger partial charge in [-0.2, -0.15) is 0 Å². The van der Waals surface area contributed by atoms with E-state index >= 15 is 0 Å². The lowest BCUT2D eigenvalue weighted by Gasteiger charge is -1.93. The molecule has 0 rings (SSSR count). The summed E-state index contributed by atoms with van der Waals surface area (Å²) in [5.74, 6) is 1.45. The smallest absolute Gasteiger partial charge is 0.359 e. The molecular formula is CH2BNO3P. The Hall–Kier alpha value is -0.135. The first-order valence-electron chi connectivity index (χ1n) is 1.33. The fraction of sp³-hybridized carbons (Fsp3) is 0. The van der Waals surface area contributed by atoms with E-state index in [9.17, 15) is 0 Å². The van der Waals surface area contributed by atoms with Gasteiger partial charge < -0.3 is 14.2 Å². The van der Waals surface area contributed by atoms with Gasteiger partial charge in [-0.3, -0.25) is 0 Å². The lowest BCUT2D eigenvalue weighted by Crippen LogP contribution is -1.87. The molecule has 0 aromatic carbocycles. The van der Waals surface area contributed by atoms with Crippen molar-refractivity contribution in [1.82, 2.24) is 0 Å². The molecule has 0 atom stereocenters. The molecule has 1 radical (unpaired) electrons. The van der Waals surface area contributed by atoms with Crippen LogP contribution in [0.5, 0.6) is 0 Å². The number of hydrogen-bond acceptors (Lipinski definition) is 4. The van der Waals surface area contributed by atoms with Gasteiger partial charge in [0.25, 0.3) is 0 Å². The van der Waals surface area contributed by atoms with Gasteiger partial charge in [0.05, 0.1) is 0 Å². The molecule has 0 aromatic heterocycles. The van der Waals surface area contributed by atoms with Gasteiger partial charge in [0, 0.05) is 5.97 Å². The first kappa shape index (κ1) is 6.86. The highest BCUT2D eigenvalue weighted by atomic mass is 31.2. The Morgan fingerprint density at radius 3 is 2.43 bits per heavy atom. The normalized spacial score (nSPS) is 8.29. The Bertz CT molecular complexity index is 79.5. The van der Waals surface area contributed by atoms with Gasteiger partial charge in [-0.1, -0.05) is 0 Å². The fourth-order valence-corrected chi connectivity index (χ4v) is 0.212. The maximum absolute atomic E-state index is 7.90. The van der Waals surface area contributed by atoms with Crippen molar-refractivity contribution in [1.29, 1.82) is 5.26 Å². The Balaban J connectivity index is 2.86. The molecule has 0 amide bonds. The maximum Gasteiger partial charge on any atom is 0.437 e. The maximum atomic E-state index is 7.90. The highest BCUT2D eigenvalue weighted by Gasteiger charge is 1.97. The largest absolute Gasteiger partial charge is 0.437 e. The van der Waals surface area contributed by atoms with Crippen molar-refractivity contribution in [2.75, 3.05) is 0 Å². The van der Waals surface area contributed by atoms with Crippen LogP contribution in [0.3, 0.4) is 0 Å². The molecule has 0 fully saturated rings. The molecule has 2 N–H and O–H groups in total. The quantitative estimate of drug-likeness (QED) is 0.371. The van der Waals surface area contributed by atoms with Crippen LogP contribution >= 0.6 is 8.60 Å².